The van der Waals surface area contributed by atoms with Crippen molar-refractivity contribution >= 4 is 0 Å². The summed E-state index contributed by atoms with van der Waals surface area (Å²) in [6.45, 7) is 4.88. The summed E-state index contributed by atoms with van der Waals surface area (Å²) >= 11 is 0. The minimum Gasteiger partial charge on any atom is -0.493 e. The van der Waals surface area contributed by atoms with E-state index in [4.69, 9.17) is 10.5 Å². The van der Waals surface area contributed by atoms with Crippen LogP contribution >= 0.6 is 0 Å². The van der Waals surface area contributed by atoms with E-state index in [-0.39, 0.29) is 12.4 Å². The van der Waals surface area contributed by atoms with Crippen LogP contribution in [0.1, 0.15) is 19.4 Å². The second kappa shape index (κ2) is 6.14. The Hall–Kier alpha value is -1.53. The molecule has 1 aromatic carbocycles. The summed E-state index contributed by atoms with van der Waals surface area (Å²) in [5.41, 5.74) is 5.57. The van der Waals surface area contributed by atoms with Gasteiger partial charge in [0.25, 0.3) is 0 Å². The van der Waals surface area contributed by atoms with Crippen LogP contribution in [-0.2, 0) is 0 Å². The van der Waals surface area contributed by atoms with Crippen molar-refractivity contribution in [3.05, 3.63) is 29.6 Å². The second-order valence-corrected chi connectivity index (χ2v) is 3.85. The van der Waals surface area contributed by atoms with E-state index in [1.165, 1.54) is 6.07 Å². The van der Waals surface area contributed by atoms with Crippen molar-refractivity contribution in [3.63, 3.8) is 0 Å². The highest BCUT2D eigenvalue weighted by molar-refractivity contribution is 5.39. The number of nitrogens with two attached hydrogens (primary N) is 1. The molecular formula is C13H16FNO. The van der Waals surface area contributed by atoms with Crippen molar-refractivity contribution in [2.75, 3.05) is 13.2 Å². The minimum atomic E-state index is -0.373. The van der Waals surface area contributed by atoms with Crippen LogP contribution in [0, 0.1) is 23.6 Å². The third kappa shape index (κ3) is 3.92. The van der Waals surface area contributed by atoms with Gasteiger partial charge in [-0.05, 0) is 18.1 Å². The molecule has 2 N–H and O–H groups in total. The molecule has 0 aliphatic heterocycles. The number of rotatable bonds is 3. The van der Waals surface area contributed by atoms with Crippen molar-refractivity contribution in [3.8, 4) is 17.6 Å². The lowest BCUT2D eigenvalue weighted by Crippen LogP contribution is -2.04. The second-order valence-electron chi connectivity index (χ2n) is 3.85. The first-order chi connectivity index (χ1) is 7.63. The zero-order valence-electron chi connectivity index (χ0n) is 9.59. The summed E-state index contributed by atoms with van der Waals surface area (Å²) in [5, 5.41) is 0. The van der Waals surface area contributed by atoms with Gasteiger partial charge in [-0.25, -0.2) is 4.39 Å². The van der Waals surface area contributed by atoms with E-state index in [2.05, 4.69) is 11.8 Å². The fraction of sp³-hybridized carbons (Fsp3) is 0.385. The number of halogens is 1. The SMILES string of the molecule is CC(C)COc1ccc(C#CCN)c(F)c1. The molecule has 3 heteroatoms. The van der Waals surface area contributed by atoms with Crippen LogP contribution in [0.2, 0.25) is 0 Å². The van der Waals surface area contributed by atoms with E-state index in [1.54, 1.807) is 12.1 Å². The molecule has 0 aliphatic rings. The maximum absolute atomic E-state index is 13.5. The van der Waals surface area contributed by atoms with Crippen molar-refractivity contribution in [1.82, 2.24) is 0 Å². The Morgan fingerprint density at radius 1 is 1.44 bits per heavy atom. The van der Waals surface area contributed by atoms with E-state index >= 15 is 0 Å². The van der Waals surface area contributed by atoms with Gasteiger partial charge < -0.3 is 10.5 Å². The molecule has 16 heavy (non-hydrogen) atoms. The van der Waals surface area contributed by atoms with Crippen LogP contribution < -0.4 is 10.5 Å². The molecule has 0 radical (unpaired) electrons. The minimum absolute atomic E-state index is 0.227. The van der Waals surface area contributed by atoms with Gasteiger partial charge in [0.05, 0.1) is 18.7 Å². The fourth-order valence-corrected chi connectivity index (χ4v) is 1.10. The first kappa shape index (κ1) is 12.5. The highest BCUT2D eigenvalue weighted by atomic mass is 19.1. The van der Waals surface area contributed by atoms with Crippen LogP contribution in [0.25, 0.3) is 0 Å². The van der Waals surface area contributed by atoms with E-state index in [9.17, 15) is 4.39 Å². The maximum atomic E-state index is 13.5. The summed E-state index contributed by atoms with van der Waals surface area (Å²) in [4.78, 5) is 0. The lowest BCUT2D eigenvalue weighted by molar-refractivity contribution is 0.270. The zero-order chi connectivity index (χ0) is 12.0. The molecule has 0 aliphatic carbocycles. The average Bonchev–Trinajstić information content (AvgIpc) is 2.25. The van der Waals surface area contributed by atoms with Crippen LogP contribution in [-0.4, -0.2) is 13.2 Å². The Morgan fingerprint density at radius 2 is 2.19 bits per heavy atom. The van der Waals surface area contributed by atoms with Crippen molar-refractivity contribution in [2.45, 2.75) is 13.8 Å². The molecule has 0 amide bonds. The van der Waals surface area contributed by atoms with Gasteiger partial charge in [0, 0.05) is 6.07 Å². The first-order valence-corrected chi connectivity index (χ1v) is 5.24. The lowest BCUT2D eigenvalue weighted by Gasteiger charge is -2.08. The maximum Gasteiger partial charge on any atom is 0.142 e. The van der Waals surface area contributed by atoms with Gasteiger partial charge in [0.15, 0.2) is 0 Å². The predicted molar refractivity (Wildman–Crippen MR) is 62.7 cm³/mol. The topological polar surface area (TPSA) is 35.2 Å². The van der Waals surface area contributed by atoms with Gasteiger partial charge in [0.1, 0.15) is 11.6 Å². The van der Waals surface area contributed by atoms with E-state index in [0.29, 0.717) is 23.8 Å². The van der Waals surface area contributed by atoms with Crippen molar-refractivity contribution in [2.24, 2.45) is 11.7 Å². The summed E-state index contributed by atoms with van der Waals surface area (Å²) in [6, 6.07) is 4.67. The highest BCUT2D eigenvalue weighted by Gasteiger charge is 2.02. The predicted octanol–water partition coefficient (Wildman–Crippen LogP) is 2.17. The molecule has 0 heterocycles. The van der Waals surface area contributed by atoms with Gasteiger partial charge in [-0.3, -0.25) is 0 Å². The Labute approximate surface area is 95.6 Å². The van der Waals surface area contributed by atoms with Gasteiger partial charge in [-0.15, -0.1) is 0 Å². The molecule has 0 unspecified atom stereocenters. The molecule has 0 aromatic heterocycles. The van der Waals surface area contributed by atoms with Crippen molar-refractivity contribution in [1.29, 1.82) is 0 Å². The zero-order valence-corrected chi connectivity index (χ0v) is 9.59. The Bertz CT molecular complexity index is 404. The summed E-state index contributed by atoms with van der Waals surface area (Å²) in [5.74, 6) is 5.85. The van der Waals surface area contributed by atoms with Crippen LogP contribution in [0.4, 0.5) is 4.39 Å². The van der Waals surface area contributed by atoms with Gasteiger partial charge in [0.2, 0.25) is 0 Å². The molecule has 0 saturated carbocycles. The monoisotopic (exact) mass is 221 g/mol. The summed E-state index contributed by atoms with van der Waals surface area (Å²) in [6.07, 6.45) is 0. The van der Waals surface area contributed by atoms with Crippen molar-refractivity contribution < 1.29 is 9.13 Å². The largest absolute Gasteiger partial charge is 0.493 e. The molecule has 0 spiro atoms. The molecular weight excluding hydrogens is 205 g/mol. The van der Waals surface area contributed by atoms with Gasteiger partial charge in [-0.1, -0.05) is 25.7 Å². The van der Waals surface area contributed by atoms with Crippen LogP contribution in [0.3, 0.4) is 0 Å². The fourth-order valence-electron chi connectivity index (χ4n) is 1.10. The molecule has 86 valence electrons. The molecule has 2 nitrogen and oxygen atoms in total. The molecule has 0 fully saturated rings. The molecule has 1 rings (SSSR count). The Kier molecular flexibility index (Phi) is 4.81. The summed E-state index contributed by atoms with van der Waals surface area (Å²) < 4.78 is 18.9. The smallest absolute Gasteiger partial charge is 0.142 e. The number of hydrogen-bond donors (Lipinski definition) is 1. The van der Waals surface area contributed by atoms with E-state index < -0.39 is 0 Å². The number of ether oxygens (including phenoxy) is 1. The highest BCUT2D eigenvalue weighted by Crippen LogP contribution is 2.16. The molecule has 0 atom stereocenters. The van der Waals surface area contributed by atoms with Gasteiger partial charge >= 0.3 is 0 Å². The first-order valence-electron chi connectivity index (χ1n) is 5.24. The van der Waals surface area contributed by atoms with E-state index in [1.807, 2.05) is 13.8 Å². The Balaban J connectivity index is 2.74. The lowest BCUT2D eigenvalue weighted by atomic mass is 10.2. The number of benzene rings is 1. The van der Waals surface area contributed by atoms with Gasteiger partial charge in [-0.2, -0.15) is 0 Å². The third-order valence-electron chi connectivity index (χ3n) is 1.85. The quantitative estimate of drug-likeness (QED) is 0.794. The standard InChI is InChI=1S/C13H16FNO/c1-10(2)9-16-12-6-5-11(4-3-7-15)13(14)8-12/h5-6,8,10H,7,9,15H2,1-2H3. The van der Waals surface area contributed by atoms with Crippen LogP contribution in [0.5, 0.6) is 5.75 Å². The molecule has 0 bridgehead atoms. The molecule has 0 saturated heterocycles. The Morgan fingerprint density at radius 3 is 2.75 bits per heavy atom. The normalized spacial score (nSPS) is 9.81. The molecule has 1 aromatic rings. The average molecular weight is 221 g/mol. The van der Waals surface area contributed by atoms with E-state index in [0.717, 1.165) is 0 Å². The number of hydrogen-bond acceptors (Lipinski definition) is 2. The summed E-state index contributed by atoms with van der Waals surface area (Å²) in [7, 11) is 0. The van der Waals surface area contributed by atoms with Crippen LogP contribution in [0.15, 0.2) is 18.2 Å². The third-order valence-corrected chi connectivity index (χ3v) is 1.85.